The topological polar surface area (TPSA) is 20.3 Å². The van der Waals surface area contributed by atoms with Gasteiger partial charge in [-0.1, -0.05) is 19.8 Å². The molecule has 1 aliphatic carbocycles. The van der Waals surface area contributed by atoms with E-state index in [2.05, 4.69) is 32.1 Å². The van der Waals surface area contributed by atoms with Gasteiger partial charge >= 0.3 is 0 Å². The highest BCUT2D eigenvalue weighted by Gasteiger charge is 2.29. The molecule has 106 valence electrons. The van der Waals surface area contributed by atoms with E-state index in [4.69, 9.17) is 0 Å². The van der Waals surface area contributed by atoms with Crippen molar-refractivity contribution in [2.45, 2.75) is 52.0 Å². The predicted molar refractivity (Wildman–Crippen MR) is 81.2 cm³/mol. The number of carbonyl (C=O) groups excluding carboxylic acids is 1. The Morgan fingerprint density at radius 3 is 2.83 bits per heavy atom. The third-order valence-electron chi connectivity index (χ3n) is 4.24. The first-order chi connectivity index (χ1) is 8.58. The molecule has 3 atom stereocenters. The van der Waals surface area contributed by atoms with Crippen LogP contribution in [0.25, 0.3) is 0 Å². The smallest absolute Gasteiger partial charge is 0.137 e. The number of thioether (sulfide) groups is 1. The summed E-state index contributed by atoms with van der Waals surface area (Å²) in [6.45, 7) is 5.46. The van der Waals surface area contributed by atoms with Gasteiger partial charge in [0.2, 0.25) is 0 Å². The van der Waals surface area contributed by atoms with Crippen LogP contribution in [0.3, 0.4) is 0 Å². The minimum Gasteiger partial charge on any atom is -0.302 e. The van der Waals surface area contributed by atoms with Gasteiger partial charge < -0.3 is 4.90 Å². The fourth-order valence-electron chi connectivity index (χ4n) is 2.94. The van der Waals surface area contributed by atoms with E-state index in [1.165, 1.54) is 12.8 Å². The second-order valence-electron chi connectivity index (χ2n) is 5.84. The van der Waals surface area contributed by atoms with Crippen molar-refractivity contribution in [2.24, 2.45) is 11.8 Å². The maximum atomic E-state index is 12.0. The Hall–Kier alpha value is -0.0200. The zero-order chi connectivity index (χ0) is 13.5. The predicted octanol–water partition coefficient (Wildman–Crippen LogP) is 3.46. The summed E-state index contributed by atoms with van der Waals surface area (Å²) in [7, 11) is 2.16. The Labute approximate surface area is 117 Å². The summed E-state index contributed by atoms with van der Waals surface area (Å²) in [5.41, 5.74) is 0. The molecule has 0 saturated heterocycles. The molecule has 1 rings (SSSR count). The molecule has 0 spiro atoms. The second-order valence-corrected chi connectivity index (χ2v) is 6.75. The lowest BCUT2D eigenvalue weighted by molar-refractivity contribution is -0.126. The number of Topliss-reactive ketones (excluding diaryl/α,β-unsaturated/α-hetero) is 1. The zero-order valence-electron chi connectivity index (χ0n) is 12.4. The highest BCUT2D eigenvalue weighted by Crippen LogP contribution is 2.30. The van der Waals surface area contributed by atoms with Gasteiger partial charge in [0.25, 0.3) is 0 Å². The first-order valence-corrected chi connectivity index (χ1v) is 8.69. The van der Waals surface area contributed by atoms with E-state index >= 15 is 0 Å². The lowest BCUT2D eigenvalue weighted by Gasteiger charge is -2.33. The van der Waals surface area contributed by atoms with E-state index in [-0.39, 0.29) is 0 Å². The largest absolute Gasteiger partial charge is 0.302 e. The average molecular weight is 271 g/mol. The van der Waals surface area contributed by atoms with Gasteiger partial charge in [0, 0.05) is 30.7 Å². The van der Waals surface area contributed by atoms with Gasteiger partial charge in [0.1, 0.15) is 5.78 Å². The molecule has 1 saturated carbocycles. The number of nitrogens with zero attached hydrogens (tertiary/aromatic N) is 1. The molecule has 0 aromatic rings. The van der Waals surface area contributed by atoms with E-state index in [0.29, 0.717) is 17.7 Å². The molecule has 0 radical (unpaired) electrons. The van der Waals surface area contributed by atoms with Crippen molar-refractivity contribution < 1.29 is 4.79 Å². The van der Waals surface area contributed by atoms with Crippen LogP contribution in [0.1, 0.15) is 46.0 Å². The monoisotopic (exact) mass is 271 g/mol. The van der Waals surface area contributed by atoms with E-state index in [1.807, 2.05) is 11.8 Å². The van der Waals surface area contributed by atoms with E-state index < -0.39 is 0 Å². The van der Waals surface area contributed by atoms with Crippen LogP contribution in [-0.2, 0) is 4.79 Å². The molecule has 0 aromatic carbocycles. The summed E-state index contributed by atoms with van der Waals surface area (Å²) in [5, 5.41) is 0. The van der Waals surface area contributed by atoms with Gasteiger partial charge in [-0.2, -0.15) is 11.8 Å². The van der Waals surface area contributed by atoms with Crippen LogP contribution in [-0.4, -0.2) is 42.3 Å². The summed E-state index contributed by atoms with van der Waals surface area (Å²) in [6, 6.07) is 0.569. The lowest BCUT2D eigenvalue weighted by Crippen LogP contribution is -2.39. The SMILES string of the molecule is CCCC1CCC(=O)C(CN(C)C(C)CSC)C1. The molecule has 0 N–H and O–H groups in total. The highest BCUT2D eigenvalue weighted by molar-refractivity contribution is 7.98. The molecular weight excluding hydrogens is 242 g/mol. The van der Waals surface area contributed by atoms with Crippen molar-refractivity contribution in [3.63, 3.8) is 0 Å². The quantitative estimate of drug-likeness (QED) is 0.707. The van der Waals surface area contributed by atoms with Crippen molar-refractivity contribution in [3.8, 4) is 0 Å². The van der Waals surface area contributed by atoms with E-state index in [9.17, 15) is 4.79 Å². The third-order valence-corrected chi connectivity index (χ3v) is 5.05. The Balaban J connectivity index is 2.45. The van der Waals surface area contributed by atoms with Gasteiger partial charge in [-0.15, -0.1) is 0 Å². The maximum absolute atomic E-state index is 12.0. The molecule has 1 fully saturated rings. The molecule has 0 aromatic heterocycles. The molecule has 3 unspecified atom stereocenters. The third kappa shape index (κ3) is 4.93. The maximum Gasteiger partial charge on any atom is 0.137 e. The number of hydrogen-bond acceptors (Lipinski definition) is 3. The van der Waals surface area contributed by atoms with Crippen molar-refractivity contribution >= 4 is 17.5 Å². The Kier molecular flexibility index (Phi) is 7.31. The van der Waals surface area contributed by atoms with Crippen LogP contribution >= 0.6 is 11.8 Å². The Bertz CT molecular complexity index is 257. The summed E-state index contributed by atoms with van der Waals surface area (Å²) in [5.74, 6) is 2.74. The van der Waals surface area contributed by atoms with Gasteiger partial charge in [-0.05, 0) is 39.0 Å². The fourth-order valence-corrected chi connectivity index (χ4v) is 3.68. The minimum absolute atomic E-state index is 0.296. The van der Waals surface area contributed by atoms with Crippen molar-refractivity contribution in [2.75, 3.05) is 25.6 Å². The molecule has 3 heteroatoms. The van der Waals surface area contributed by atoms with Gasteiger partial charge in [0.05, 0.1) is 0 Å². The molecule has 18 heavy (non-hydrogen) atoms. The van der Waals surface area contributed by atoms with Crippen molar-refractivity contribution in [1.29, 1.82) is 0 Å². The zero-order valence-corrected chi connectivity index (χ0v) is 13.3. The van der Waals surface area contributed by atoms with Crippen LogP contribution in [0.15, 0.2) is 0 Å². The Morgan fingerprint density at radius 1 is 1.50 bits per heavy atom. The Morgan fingerprint density at radius 2 is 2.22 bits per heavy atom. The molecule has 0 amide bonds. The van der Waals surface area contributed by atoms with Crippen LogP contribution in [0, 0.1) is 11.8 Å². The van der Waals surface area contributed by atoms with Crippen LogP contribution < -0.4 is 0 Å². The standard InChI is InChI=1S/C15H29NOS/c1-5-6-13-7-8-15(17)14(9-13)10-16(3)12(2)11-18-4/h12-14H,5-11H2,1-4H3. The van der Waals surface area contributed by atoms with E-state index in [0.717, 1.165) is 37.5 Å². The second kappa shape index (κ2) is 8.21. The highest BCUT2D eigenvalue weighted by atomic mass is 32.2. The summed E-state index contributed by atoms with van der Waals surface area (Å²) >= 11 is 1.88. The average Bonchev–Trinajstić information content (AvgIpc) is 2.34. The fraction of sp³-hybridized carbons (Fsp3) is 0.933. The number of hydrogen-bond donors (Lipinski definition) is 0. The summed E-state index contributed by atoms with van der Waals surface area (Å²) in [6.07, 6.45) is 7.78. The van der Waals surface area contributed by atoms with Crippen LogP contribution in [0.5, 0.6) is 0 Å². The van der Waals surface area contributed by atoms with Crippen LogP contribution in [0.4, 0.5) is 0 Å². The molecule has 0 bridgehead atoms. The van der Waals surface area contributed by atoms with Gasteiger partial charge in [0.15, 0.2) is 0 Å². The molecular formula is C15H29NOS. The number of ketones is 1. The molecule has 0 heterocycles. The normalized spacial score (nSPS) is 26.6. The van der Waals surface area contributed by atoms with E-state index in [1.54, 1.807) is 0 Å². The van der Waals surface area contributed by atoms with Gasteiger partial charge in [-0.25, -0.2) is 0 Å². The summed E-state index contributed by atoms with van der Waals surface area (Å²) < 4.78 is 0. The lowest BCUT2D eigenvalue weighted by atomic mass is 9.78. The molecule has 0 aliphatic heterocycles. The minimum atomic E-state index is 0.296. The number of rotatable bonds is 7. The van der Waals surface area contributed by atoms with Crippen molar-refractivity contribution in [1.82, 2.24) is 4.90 Å². The van der Waals surface area contributed by atoms with Gasteiger partial charge in [-0.3, -0.25) is 4.79 Å². The van der Waals surface area contributed by atoms with Crippen LogP contribution in [0.2, 0.25) is 0 Å². The van der Waals surface area contributed by atoms with Crippen molar-refractivity contribution in [3.05, 3.63) is 0 Å². The summed E-state index contributed by atoms with van der Waals surface area (Å²) in [4.78, 5) is 14.4. The first-order valence-electron chi connectivity index (χ1n) is 7.30. The molecule has 2 nitrogen and oxygen atoms in total. The molecule has 1 aliphatic rings. The first kappa shape index (κ1) is 16.0. The number of carbonyl (C=O) groups is 1.